The Bertz CT molecular complexity index is 810. The van der Waals surface area contributed by atoms with E-state index in [4.69, 9.17) is 11.6 Å². The van der Waals surface area contributed by atoms with E-state index >= 15 is 0 Å². The van der Waals surface area contributed by atoms with E-state index in [9.17, 15) is 13.2 Å². The van der Waals surface area contributed by atoms with Gasteiger partial charge in [0.2, 0.25) is 15.4 Å². The van der Waals surface area contributed by atoms with Crippen LogP contribution in [0.5, 0.6) is 0 Å². The number of rotatable bonds is 8. The molecule has 0 saturated carbocycles. The highest BCUT2D eigenvalue weighted by atomic mass is 35.5. The van der Waals surface area contributed by atoms with Crippen LogP contribution in [0.2, 0.25) is 5.02 Å². The van der Waals surface area contributed by atoms with Crippen molar-refractivity contribution in [2.24, 2.45) is 0 Å². The molecule has 7 nitrogen and oxygen atoms in total. The van der Waals surface area contributed by atoms with Gasteiger partial charge in [0.1, 0.15) is 0 Å². The topological polar surface area (TPSA) is 101 Å². The number of aromatic nitrogens is 2. The molecule has 0 unspecified atom stereocenters. The van der Waals surface area contributed by atoms with Crippen LogP contribution in [0.3, 0.4) is 0 Å². The van der Waals surface area contributed by atoms with Crippen molar-refractivity contribution in [3.8, 4) is 0 Å². The number of amides is 1. The van der Waals surface area contributed by atoms with Crippen LogP contribution in [0, 0.1) is 0 Å². The molecule has 0 spiro atoms. The summed E-state index contributed by atoms with van der Waals surface area (Å²) in [6.07, 6.45) is 0. The summed E-state index contributed by atoms with van der Waals surface area (Å²) in [5, 5.41) is 10.4. The second-order valence-electron chi connectivity index (χ2n) is 4.63. The lowest BCUT2D eigenvalue weighted by atomic mass is 10.2. The Morgan fingerprint density at radius 3 is 2.88 bits per heavy atom. The molecular weight excluding hydrogens is 392 g/mol. The summed E-state index contributed by atoms with van der Waals surface area (Å²) in [5.74, 6) is 1.01. The Morgan fingerprint density at radius 2 is 2.17 bits per heavy atom. The normalized spacial score (nSPS) is 11.4. The molecule has 2 aromatic rings. The fourth-order valence-corrected chi connectivity index (χ4v) is 4.81. The molecule has 1 heterocycles. The highest BCUT2D eigenvalue weighted by molar-refractivity contribution is 7.98. The molecule has 1 aromatic carbocycles. The maximum absolute atomic E-state index is 12.1. The molecular formula is C13H15ClN4O3S3. The smallest absolute Gasteiger partial charge is 0.269 e. The van der Waals surface area contributed by atoms with Gasteiger partial charge in [-0.3, -0.25) is 4.79 Å². The zero-order valence-electron chi connectivity index (χ0n) is 12.7. The summed E-state index contributed by atoms with van der Waals surface area (Å²) >= 11 is 8.30. The van der Waals surface area contributed by atoms with Crippen molar-refractivity contribution >= 4 is 55.8 Å². The molecule has 2 N–H and O–H groups in total. The van der Waals surface area contributed by atoms with Crippen LogP contribution in [0.1, 0.15) is 12.5 Å². The van der Waals surface area contributed by atoms with Gasteiger partial charge in [-0.05, 0) is 17.7 Å². The summed E-state index contributed by atoms with van der Waals surface area (Å²) in [6, 6.07) is 7.53. The number of sulfonamides is 1. The lowest BCUT2D eigenvalue weighted by molar-refractivity contribution is -0.114. The van der Waals surface area contributed by atoms with Crippen LogP contribution in [0.4, 0.5) is 5.13 Å². The summed E-state index contributed by atoms with van der Waals surface area (Å²) in [6.45, 7) is 1.58. The minimum Gasteiger partial charge on any atom is -0.301 e. The van der Waals surface area contributed by atoms with E-state index in [-0.39, 0.29) is 21.9 Å². The third-order valence-corrected chi connectivity index (χ3v) is 6.55. The first-order chi connectivity index (χ1) is 11.4. The third-order valence-electron chi connectivity index (χ3n) is 2.62. The van der Waals surface area contributed by atoms with E-state index in [0.717, 1.165) is 22.7 Å². The second kappa shape index (κ2) is 8.77. The van der Waals surface area contributed by atoms with Gasteiger partial charge in [-0.25, -0.2) is 13.1 Å². The van der Waals surface area contributed by atoms with Crippen LogP contribution in [0.25, 0.3) is 0 Å². The molecule has 0 aliphatic heterocycles. The van der Waals surface area contributed by atoms with Crippen LogP contribution in [0.15, 0.2) is 28.6 Å². The standard InChI is InChI=1S/C13H15ClN4O3S3/c1-9(19)16-12-17-18-13(23-12)24(20,21)15-5-6-22-8-10-3-2-4-11(14)7-10/h2-4,7,15H,5-6,8H2,1H3,(H,16,17,19). The van der Waals surface area contributed by atoms with Gasteiger partial charge in [0, 0.05) is 30.0 Å². The molecule has 0 radical (unpaired) electrons. The SMILES string of the molecule is CC(=O)Nc1nnc(S(=O)(=O)NCCSCc2cccc(Cl)c2)s1. The molecule has 130 valence electrons. The predicted octanol–water partition coefficient (Wildman–Crippen LogP) is 2.36. The molecule has 24 heavy (non-hydrogen) atoms. The molecule has 0 aliphatic rings. The maximum Gasteiger partial charge on any atom is 0.269 e. The molecule has 2 rings (SSSR count). The largest absolute Gasteiger partial charge is 0.301 e. The van der Waals surface area contributed by atoms with Crippen molar-refractivity contribution in [3.05, 3.63) is 34.9 Å². The molecule has 1 amide bonds. The Morgan fingerprint density at radius 1 is 1.38 bits per heavy atom. The van der Waals surface area contributed by atoms with E-state index in [1.807, 2.05) is 18.2 Å². The Hall–Kier alpha value is -1.20. The van der Waals surface area contributed by atoms with Crippen molar-refractivity contribution in [1.29, 1.82) is 0 Å². The highest BCUT2D eigenvalue weighted by Gasteiger charge is 2.19. The molecule has 0 fully saturated rings. The average Bonchev–Trinajstić information content (AvgIpc) is 2.95. The van der Waals surface area contributed by atoms with E-state index < -0.39 is 10.0 Å². The first kappa shape index (κ1) is 19.1. The van der Waals surface area contributed by atoms with Crippen molar-refractivity contribution in [1.82, 2.24) is 14.9 Å². The summed E-state index contributed by atoms with van der Waals surface area (Å²) < 4.78 is 26.4. The van der Waals surface area contributed by atoms with E-state index in [1.54, 1.807) is 17.8 Å². The minimum absolute atomic E-state index is 0.151. The Balaban J connectivity index is 1.78. The predicted molar refractivity (Wildman–Crippen MR) is 97.0 cm³/mol. The Kier molecular flexibility index (Phi) is 6.99. The number of benzene rings is 1. The number of hydrogen-bond acceptors (Lipinski definition) is 7. The fraction of sp³-hybridized carbons (Fsp3) is 0.308. The van der Waals surface area contributed by atoms with E-state index in [0.29, 0.717) is 10.8 Å². The Labute approximate surface area is 153 Å². The molecule has 11 heteroatoms. The first-order valence-electron chi connectivity index (χ1n) is 6.80. The molecule has 1 aromatic heterocycles. The lowest BCUT2D eigenvalue weighted by Gasteiger charge is -2.04. The zero-order valence-corrected chi connectivity index (χ0v) is 15.9. The average molecular weight is 407 g/mol. The number of nitrogens with zero attached hydrogens (tertiary/aromatic N) is 2. The molecule has 0 atom stereocenters. The number of thioether (sulfide) groups is 1. The van der Waals surface area contributed by atoms with Crippen LogP contribution in [-0.2, 0) is 20.6 Å². The number of hydrogen-bond donors (Lipinski definition) is 2. The lowest BCUT2D eigenvalue weighted by Crippen LogP contribution is -2.26. The van der Waals surface area contributed by atoms with Gasteiger partial charge in [0.25, 0.3) is 10.0 Å². The quantitative estimate of drug-likeness (QED) is 0.515. The molecule has 0 bridgehead atoms. The van der Waals surface area contributed by atoms with Crippen molar-refractivity contribution in [3.63, 3.8) is 0 Å². The van der Waals surface area contributed by atoms with Crippen molar-refractivity contribution < 1.29 is 13.2 Å². The van der Waals surface area contributed by atoms with Gasteiger partial charge in [0.15, 0.2) is 0 Å². The zero-order chi connectivity index (χ0) is 17.6. The summed E-state index contributed by atoms with van der Waals surface area (Å²) in [4.78, 5) is 10.9. The number of carbonyl (C=O) groups excluding carboxylic acids is 1. The van der Waals surface area contributed by atoms with Gasteiger partial charge in [-0.15, -0.1) is 10.2 Å². The van der Waals surface area contributed by atoms with Gasteiger partial charge in [-0.1, -0.05) is 35.1 Å². The van der Waals surface area contributed by atoms with E-state index in [1.165, 1.54) is 6.92 Å². The van der Waals surface area contributed by atoms with E-state index in [2.05, 4.69) is 20.2 Å². The van der Waals surface area contributed by atoms with Gasteiger partial charge >= 0.3 is 0 Å². The number of nitrogens with one attached hydrogen (secondary N) is 2. The monoisotopic (exact) mass is 406 g/mol. The van der Waals surface area contributed by atoms with Crippen LogP contribution >= 0.6 is 34.7 Å². The maximum atomic E-state index is 12.1. The van der Waals surface area contributed by atoms with Gasteiger partial charge in [-0.2, -0.15) is 11.8 Å². The highest BCUT2D eigenvalue weighted by Crippen LogP contribution is 2.20. The molecule has 0 aliphatic carbocycles. The minimum atomic E-state index is -3.72. The third kappa shape index (κ3) is 6.02. The van der Waals surface area contributed by atoms with Crippen LogP contribution < -0.4 is 10.0 Å². The van der Waals surface area contributed by atoms with Gasteiger partial charge in [0.05, 0.1) is 0 Å². The second-order valence-corrected chi connectivity index (χ2v) is 9.09. The summed E-state index contributed by atoms with van der Waals surface area (Å²) in [7, 11) is -3.72. The first-order valence-corrected chi connectivity index (χ1v) is 10.6. The summed E-state index contributed by atoms with van der Waals surface area (Å²) in [5.41, 5.74) is 1.08. The van der Waals surface area contributed by atoms with Gasteiger partial charge < -0.3 is 5.32 Å². The number of halogens is 1. The van der Waals surface area contributed by atoms with Crippen LogP contribution in [-0.4, -0.2) is 36.8 Å². The number of carbonyl (C=O) groups is 1. The molecule has 0 saturated heterocycles. The number of anilines is 1. The fourth-order valence-electron chi connectivity index (χ4n) is 1.65. The van der Waals surface area contributed by atoms with Crippen molar-refractivity contribution in [2.75, 3.05) is 17.6 Å². The van der Waals surface area contributed by atoms with Crippen molar-refractivity contribution in [2.45, 2.75) is 17.0 Å².